The first kappa shape index (κ1) is 13.7. The number of esters is 1. The van der Waals surface area contributed by atoms with Crippen molar-refractivity contribution in [3.05, 3.63) is 70.2 Å². The molecule has 0 amide bonds. The molecule has 0 radical (unpaired) electrons. The van der Waals surface area contributed by atoms with Crippen LogP contribution < -0.4 is 5.56 Å². The highest BCUT2D eigenvalue weighted by molar-refractivity contribution is 5.86. The van der Waals surface area contributed by atoms with Gasteiger partial charge in [-0.3, -0.25) is 4.79 Å². The van der Waals surface area contributed by atoms with Crippen molar-refractivity contribution in [2.24, 2.45) is 0 Å². The summed E-state index contributed by atoms with van der Waals surface area (Å²) in [4.78, 5) is 22.9. The first-order chi connectivity index (χ1) is 9.69. The van der Waals surface area contributed by atoms with Crippen LogP contribution >= 0.6 is 0 Å². The maximum Gasteiger partial charge on any atom is 0.330 e. The number of methoxy groups -OCH3 is 1. The SMILES string of the molecule is COC(=O)/C=C/c1cnn(Cc2ccccc2)c(=O)c1. The highest BCUT2D eigenvalue weighted by atomic mass is 16.5. The summed E-state index contributed by atoms with van der Waals surface area (Å²) >= 11 is 0. The number of rotatable bonds is 4. The van der Waals surface area contributed by atoms with Crippen LogP contribution in [0.1, 0.15) is 11.1 Å². The summed E-state index contributed by atoms with van der Waals surface area (Å²) in [6, 6.07) is 11.0. The van der Waals surface area contributed by atoms with Crippen LogP contribution in [0.25, 0.3) is 6.08 Å². The molecule has 20 heavy (non-hydrogen) atoms. The molecule has 0 aliphatic rings. The van der Waals surface area contributed by atoms with E-state index in [4.69, 9.17) is 0 Å². The van der Waals surface area contributed by atoms with Gasteiger partial charge in [0.2, 0.25) is 0 Å². The average Bonchev–Trinajstić information content (AvgIpc) is 2.48. The van der Waals surface area contributed by atoms with Crippen LogP contribution in [0, 0.1) is 0 Å². The normalized spacial score (nSPS) is 10.7. The minimum Gasteiger partial charge on any atom is -0.466 e. The van der Waals surface area contributed by atoms with Crippen LogP contribution in [-0.4, -0.2) is 22.9 Å². The van der Waals surface area contributed by atoms with E-state index in [2.05, 4.69) is 9.84 Å². The second-order valence-corrected chi connectivity index (χ2v) is 4.13. The first-order valence-electron chi connectivity index (χ1n) is 6.06. The lowest BCUT2D eigenvalue weighted by Crippen LogP contribution is -2.22. The van der Waals surface area contributed by atoms with Crippen LogP contribution in [0.2, 0.25) is 0 Å². The van der Waals surface area contributed by atoms with Crippen molar-refractivity contribution in [3.8, 4) is 0 Å². The molecule has 0 saturated heterocycles. The summed E-state index contributed by atoms with van der Waals surface area (Å²) in [6.45, 7) is 0.417. The predicted octanol–water partition coefficient (Wildman–Crippen LogP) is 1.48. The number of ether oxygens (including phenoxy) is 1. The summed E-state index contributed by atoms with van der Waals surface area (Å²) in [5, 5.41) is 4.08. The van der Waals surface area contributed by atoms with Crippen molar-refractivity contribution in [1.29, 1.82) is 0 Å². The fourth-order valence-corrected chi connectivity index (χ4v) is 1.65. The molecule has 1 aromatic carbocycles. The molecule has 102 valence electrons. The van der Waals surface area contributed by atoms with Crippen molar-refractivity contribution in [3.63, 3.8) is 0 Å². The number of hydrogen-bond donors (Lipinski definition) is 0. The predicted molar refractivity (Wildman–Crippen MR) is 75.1 cm³/mol. The fourth-order valence-electron chi connectivity index (χ4n) is 1.65. The molecule has 1 aromatic heterocycles. The molecule has 0 saturated carbocycles. The van der Waals surface area contributed by atoms with E-state index in [-0.39, 0.29) is 5.56 Å². The number of hydrogen-bond acceptors (Lipinski definition) is 4. The quantitative estimate of drug-likeness (QED) is 0.623. The molecule has 1 heterocycles. The molecule has 2 rings (SSSR count). The highest BCUT2D eigenvalue weighted by Gasteiger charge is 2.00. The smallest absolute Gasteiger partial charge is 0.330 e. The van der Waals surface area contributed by atoms with Gasteiger partial charge < -0.3 is 4.74 Å². The van der Waals surface area contributed by atoms with E-state index in [1.807, 2.05) is 30.3 Å². The van der Waals surface area contributed by atoms with E-state index < -0.39 is 5.97 Å². The topological polar surface area (TPSA) is 61.2 Å². The van der Waals surface area contributed by atoms with Gasteiger partial charge in [0.25, 0.3) is 5.56 Å². The van der Waals surface area contributed by atoms with Gasteiger partial charge in [0.1, 0.15) is 0 Å². The molecule has 0 bridgehead atoms. The minimum absolute atomic E-state index is 0.221. The average molecular weight is 270 g/mol. The number of carbonyl (C=O) groups excluding carboxylic acids is 1. The Morgan fingerprint density at radius 3 is 2.75 bits per heavy atom. The third-order valence-corrected chi connectivity index (χ3v) is 2.68. The molecule has 5 heteroatoms. The van der Waals surface area contributed by atoms with Crippen LogP contribution in [-0.2, 0) is 16.1 Å². The summed E-state index contributed by atoms with van der Waals surface area (Å²) in [7, 11) is 1.29. The second kappa shape index (κ2) is 6.47. The number of nitrogens with zero attached hydrogens (tertiary/aromatic N) is 2. The lowest BCUT2D eigenvalue weighted by molar-refractivity contribution is -0.134. The summed E-state index contributed by atoms with van der Waals surface area (Å²) in [6.07, 6.45) is 4.27. The van der Waals surface area contributed by atoms with E-state index in [0.29, 0.717) is 12.1 Å². The molecule has 0 spiro atoms. The zero-order valence-electron chi connectivity index (χ0n) is 11.0. The van der Waals surface area contributed by atoms with Gasteiger partial charge in [-0.2, -0.15) is 5.10 Å². The van der Waals surface area contributed by atoms with Gasteiger partial charge in [-0.15, -0.1) is 0 Å². The maximum atomic E-state index is 11.9. The molecular weight excluding hydrogens is 256 g/mol. The van der Waals surface area contributed by atoms with E-state index in [1.165, 1.54) is 36.2 Å². The van der Waals surface area contributed by atoms with Crippen LogP contribution in [0.4, 0.5) is 0 Å². The Morgan fingerprint density at radius 1 is 1.35 bits per heavy atom. The first-order valence-corrected chi connectivity index (χ1v) is 6.06. The Morgan fingerprint density at radius 2 is 2.10 bits per heavy atom. The van der Waals surface area contributed by atoms with Crippen LogP contribution in [0.5, 0.6) is 0 Å². The molecule has 0 fully saturated rings. The lowest BCUT2D eigenvalue weighted by Gasteiger charge is -2.04. The molecule has 0 aliphatic carbocycles. The Bertz CT molecular complexity index is 675. The van der Waals surface area contributed by atoms with Gasteiger partial charge in [0.05, 0.1) is 19.9 Å². The molecule has 0 unspecified atom stereocenters. The van der Waals surface area contributed by atoms with E-state index in [1.54, 1.807) is 0 Å². The van der Waals surface area contributed by atoms with Crippen LogP contribution in [0.15, 0.2) is 53.5 Å². The van der Waals surface area contributed by atoms with E-state index >= 15 is 0 Å². The standard InChI is InChI=1S/C15H14N2O3/c1-20-15(19)8-7-13-9-14(18)17(16-10-13)11-12-5-3-2-4-6-12/h2-10H,11H2,1H3/b8-7+. The summed E-state index contributed by atoms with van der Waals surface area (Å²) < 4.78 is 5.84. The second-order valence-electron chi connectivity index (χ2n) is 4.13. The Hall–Kier alpha value is -2.69. The Labute approximate surface area is 116 Å². The highest BCUT2D eigenvalue weighted by Crippen LogP contribution is 2.01. The Kier molecular flexibility index (Phi) is 4.44. The number of benzene rings is 1. The molecule has 5 nitrogen and oxygen atoms in total. The number of carbonyl (C=O) groups is 1. The van der Waals surface area contributed by atoms with Crippen molar-refractivity contribution in [1.82, 2.24) is 9.78 Å². The lowest BCUT2D eigenvalue weighted by atomic mass is 10.2. The van der Waals surface area contributed by atoms with Gasteiger partial charge in [-0.1, -0.05) is 30.3 Å². The van der Waals surface area contributed by atoms with Crippen molar-refractivity contribution < 1.29 is 9.53 Å². The van der Waals surface area contributed by atoms with Gasteiger partial charge >= 0.3 is 5.97 Å². The zero-order valence-corrected chi connectivity index (χ0v) is 11.0. The summed E-state index contributed by atoms with van der Waals surface area (Å²) in [5.41, 5.74) is 1.34. The van der Waals surface area contributed by atoms with Crippen LogP contribution in [0.3, 0.4) is 0 Å². The van der Waals surface area contributed by atoms with Gasteiger partial charge in [0.15, 0.2) is 0 Å². The van der Waals surface area contributed by atoms with Gasteiger partial charge in [-0.05, 0) is 11.6 Å². The maximum absolute atomic E-state index is 11.9. The van der Waals surface area contributed by atoms with E-state index in [9.17, 15) is 9.59 Å². The molecule has 2 aromatic rings. The third kappa shape index (κ3) is 3.65. The zero-order chi connectivity index (χ0) is 14.4. The monoisotopic (exact) mass is 270 g/mol. The number of aromatic nitrogens is 2. The molecule has 0 N–H and O–H groups in total. The van der Waals surface area contributed by atoms with Crippen molar-refractivity contribution >= 4 is 12.0 Å². The summed E-state index contributed by atoms with van der Waals surface area (Å²) in [5.74, 6) is -0.474. The molecule has 0 aliphatic heterocycles. The van der Waals surface area contributed by atoms with Gasteiger partial charge in [-0.25, -0.2) is 9.48 Å². The van der Waals surface area contributed by atoms with Gasteiger partial charge in [0, 0.05) is 17.7 Å². The minimum atomic E-state index is -0.474. The third-order valence-electron chi connectivity index (χ3n) is 2.68. The molecule has 0 atom stereocenters. The Balaban J connectivity index is 2.16. The van der Waals surface area contributed by atoms with E-state index in [0.717, 1.165) is 5.56 Å². The van der Waals surface area contributed by atoms with Crippen molar-refractivity contribution in [2.75, 3.05) is 7.11 Å². The molecular formula is C15H14N2O3. The fraction of sp³-hybridized carbons (Fsp3) is 0.133. The largest absolute Gasteiger partial charge is 0.466 e. The van der Waals surface area contributed by atoms with Crippen molar-refractivity contribution in [2.45, 2.75) is 6.54 Å².